The molecule has 2 atom stereocenters. The van der Waals surface area contributed by atoms with Crippen LogP contribution in [0.25, 0.3) is 6.08 Å². The molecular formula is C25H35ClN4O5S2. The van der Waals surface area contributed by atoms with E-state index in [0.717, 1.165) is 31.1 Å². The van der Waals surface area contributed by atoms with Gasteiger partial charge in [0.25, 0.3) is 0 Å². The highest BCUT2D eigenvalue weighted by Crippen LogP contribution is 2.27. The van der Waals surface area contributed by atoms with Gasteiger partial charge in [-0.05, 0) is 62.7 Å². The Labute approximate surface area is 227 Å². The van der Waals surface area contributed by atoms with Crippen LogP contribution in [0.2, 0.25) is 4.34 Å². The highest BCUT2D eigenvalue weighted by Gasteiger charge is 2.35. The van der Waals surface area contributed by atoms with E-state index in [1.54, 1.807) is 17.0 Å². The third-order valence-corrected chi connectivity index (χ3v) is 9.65. The largest absolute Gasteiger partial charge is 0.354 e. The first kappa shape index (κ1) is 28.1. The van der Waals surface area contributed by atoms with Crippen LogP contribution in [0.5, 0.6) is 0 Å². The number of likely N-dealkylation sites (tertiary alicyclic amines) is 2. The van der Waals surface area contributed by atoms with Crippen LogP contribution in [0.4, 0.5) is 0 Å². The van der Waals surface area contributed by atoms with E-state index < -0.39 is 22.0 Å². The van der Waals surface area contributed by atoms with E-state index in [4.69, 9.17) is 11.6 Å². The van der Waals surface area contributed by atoms with Crippen molar-refractivity contribution in [3.05, 3.63) is 26.8 Å². The van der Waals surface area contributed by atoms with Gasteiger partial charge in [0.05, 0.1) is 10.9 Å². The lowest BCUT2D eigenvalue weighted by Gasteiger charge is -2.34. The summed E-state index contributed by atoms with van der Waals surface area (Å²) < 4.78 is 28.1. The lowest BCUT2D eigenvalue weighted by molar-refractivity contribution is -0.143. The van der Waals surface area contributed by atoms with Crippen molar-refractivity contribution in [3.63, 3.8) is 0 Å². The Morgan fingerprint density at radius 2 is 1.84 bits per heavy atom. The van der Waals surface area contributed by atoms with E-state index in [9.17, 15) is 22.8 Å². The second-order valence-electron chi connectivity index (χ2n) is 10.1. The molecule has 9 nitrogen and oxygen atoms in total. The maximum absolute atomic E-state index is 13.1. The monoisotopic (exact) mass is 570 g/mol. The summed E-state index contributed by atoms with van der Waals surface area (Å²) >= 11 is 7.13. The number of nitrogens with one attached hydrogen (secondary N) is 2. The molecule has 2 saturated heterocycles. The van der Waals surface area contributed by atoms with Crippen LogP contribution in [0.1, 0.15) is 62.7 Å². The zero-order valence-electron chi connectivity index (χ0n) is 20.9. The van der Waals surface area contributed by atoms with E-state index in [2.05, 4.69) is 10.0 Å². The summed E-state index contributed by atoms with van der Waals surface area (Å²) in [4.78, 5) is 42.4. The number of carbonyl (C=O) groups excluding carboxylic acids is 3. The molecule has 0 unspecified atom stereocenters. The van der Waals surface area contributed by atoms with Crippen LogP contribution in [0.3, 0.4) is 0 Å². The Morgan fingerprint density at radius 3 is 2.57 bits per heavy atom. The van der Waals surface area contributed by atoms with E-state index >= 15 is 0 Å². The first-order valence-electron chi connectivity index (χ1n) is 13.0. The molecule has 1 aromatic rings. The first-order chi connectivity index (χ1) is 17.7. The van der Waals surface area contributed by atoms with Crippen LogP contribution in [-0.4, -0.2) is 74.2 Å². The number of sulfonamides is 1. The summed E-state index contributed by atoms with van der Waals surface area (Å²) in [5, 5.41) is 4.03. The second kappa shape index (κ2) is 12.7. The fourth-order valence-corrected chi connectivity index (χ4v) is 7.50. The highest BCUT2D eigenvalue weighted by atomic mass is 35.5. The summed E-state index contributed by atoms with van der Waals surface area (Å²) in [7, 11) is -3.85. The quantitative estimate of drug-likeness (QED) is 0.449. The third kappa shape index (κ3) is 8.02. The smallest absolute Gasteiger partial charge is 0.242 e. The van der Waals surface area contributed by atoms with Crippen molar-refractivity contribution in [1.29, 1.82) is 0 Å². The van der Waals surface area contributed by atoms with Crippen LogP contribution >= 0.6 is 22.9 Å². The number of hydrogen-bond donors (Lipinski definition) is 2. The molecule has 2 N–H and O–H groups in total. The number of thiophene rings is 1. The number of carbonyl (C=O) groups is 3. The molecule has 37 heavy (non-hydrogen) atoms. The minimum absolute atomic E-state index is 0.0451. The Bertz CT molecular complexity index is 1120. The van der Waals surface area contributed by atoms with Gasteiger partial charge in [0.2, 0.25) is 27.7 Å². The third-order valence-electron chi connectivity index (χ3n) is 7.35. The topological polar surface area (TPSA) is 116 Å². The molecule has 3 amide bonds. The molecule has 0 spiro atoms. The Morgan fingerprint density at radius 1 is 1.08 bits per heavy atom. The van der Waals surface area contributed by atoms with Crippen molar-refractivity contribution in [1.82, 2.24) is 19.8 Å². The van der Waals surface area contributed by atoms with Gasteiger partial charge in [-0.15, -0.1) is 11.3 Å². The van der Waals surface area contributed by atoms with Crippen molar-refractivity contribution in [2.24, 2.45) is 5.92 Å². The SMILES string of the molecule is O=C(CC1CCCC1)NC[C@H]1CCCN1C(=O)CN1CCC[C@H](NS(=O)(=O)C=Cc2ccc(Cl)s2)C1=O. The van der Waals surface area contributed by atoms with E-state index in [0.29, 0.717) is 54.0 Å². The molecule has 1 saturated carbocycles. The molecule has 3 heterocycles. The van der Waals surface area contributed by atoms with E-state index in [-0.39, 0.29) is 24.4 Å². The van der Waals surface area contributed by atoms with Gasteiger partial charge in [-0.25, -0.2) is 8.42 Å². The van der Waals surface area contributed by atoms with Gasteiger partial charge in [-0.3, -0.25) is 14.4 Å². The number of hydrogen-bond acceptors (Lipinski definition) is 6. The normalized spacial score (nSPS) is 23.3. The minimum atomic E-state index is -3.85. The standard InChI is InChI=1S/C25H35ClN4O5S2/c26-22-10-9-20(36-22)11-14-37(34,35)28-21-8-4-12-29(25(21)33)17-24(32)30-13-3-7-19(30)16-27-23(31)15-18-5-1-2-6-18/h9-11,14,18-19,21,28H,1-8,12-13,15-17H2,(H,27,31)/t19-,21+/m1/s1. The second-order valence-corrected chi connectivity index (χ2v) is 13.4. The van der Waals surface area contributed by atoms with Gasteiger partial charge >= 0.3 is 0 Å². The number of halogens is 1. The molecule has 3 aliphatic rings. The zero-order chi connectivity index (χ0) is 26.4. The Balaban J connectivity index is 1.27. The molecule has 1 aromatic heterocycles. The van der Waals surface area contributed by atoms with Crippen LogP contribution < -0.4 is 10.0 Å². The first-order valence-corrected chi connectivity index (χ1v) is 15.7. The lowest BCUT2D eigenvalue weighted by Crippen LogP contribution is -2.55. The van der Waals surface area contributed by atoms with E-state index in [1.807, 2.05) is 0 Å². The number of piperidine rings is 1. The Kier molecular flexibility index (Phi) is 9.66. The molecule has 12 heteroatoms. The number of rotatable bonds is 10. The van der Waals surface area contributed by atoms with Crippen molar-refractivity contribution in [2.45, 2.75) is 69.9 Å². The van der Waals surface area contributed by atoms with Gasteiger partial charge in [-0.2, -0.15) is 4.72 Å². The van der Waals surface area contributed by atoms with Crippen molar-refractivity contribution in [3.8, 4) is 0 Å². The maximum Gasteiger partial charge on any atom is 0.242 e. The summed E-state index contributed by atoms with van der Waals surface area (Å²) in [5.74, 6) is -0.0412. The minimum Gasteiger partial charge on any atom is -0.354 e. The maximum atomic E-state index is 13.1. The molecule has 0 bridgehead atoms. The lowest BCUT2D eigenvalue weighted by atomic mass is 10.0. The molecule has 3 fully saturated rings. The molecule has 4 rings (SSSR count). The van der Waals surface area contributed by atoms with E-state index in [1.165, 1.54) is 35.2 Å². The van der Waals surface area contributed by atoms with Crippen LogP contribution in [0, 0.1) is 5.92 Å². The van der Waals surface area contributed by atoms with Gasteiger partial charge in [0, 0.05) is 42.4 Å². The fraction of sp³-hybridized carbons (Fsp3) is 0.640. The van der Waals surface area contributed by atoms with Crippen molar-refractivity contribution >= 4 is 56.8 Å². The summed E-state index contributed by atoms with van der Waals surface area (Å²) in [6, 6.07) is 2.41. The Hall–Kier alpha value is -1.95. The number of amides is 3. The highest BCUT2D eigenvalue weighted by molar-refractivity contribution is 7.92. The van der Waals surface area contributed by atoms with Crippen LogP contribution in [0.15, 0.2) is 17.5 Å². The van der Waals surface area contributed by atoms with Gasteiger partial charge < -0.3 is 15.1 Å². The van der Waals surface area contributed by atoms with Gasteiger partial charge in [0.15, 0.2) is 0 Å². The molecule has 0 aromatic carbocycles. The predicted octanol–water partition coefficient (Wildman–Crippen LogP) is 2.97. The van der Waals surface area contributed by atoms with Gasteiger partial charge in [-0.1, -0.05) is 24.4 Å². The van der Waals surface area contributed by atoms with Crippen molar-refractivity contribution < 1.29 is 22.8 Å². The summed E-state index contributed by atoms with van der Waals surface area (Å²) in [6.07, 6.45) is 9.25. The van der Waals surface area contributed by atoms with Crippen molar-refractivity contribution in [2.75, 3.05) is 26.2 Å². The molecule has 1 aliphatic carbocycles. The summed E-state index contributed by atoms with van der Waals surface area (Å²) in [5.41, 5.74) is 0. The predicted molar refractivity (Wildman–Crippen MR) is 144 cm³/mol. The average Bonchev–Trinajstić information content (AvgIpc) is 3.61. The fourth-order valence-electron chi connectivity index (χ4n) is 5.43. The van der Waals surface area contributed by atoms with Gasteiger partial charge in [0.1, 0.15) is 6.04 Å². The zero-order valence-corrected chi connectivity index (χ0v) is 23.3. The summed E-state index contributed by atoms with van der Waals surface area (Å²) in [6.45, 7) is 1.34. The molecule has 2 aliphatic heterocycles. The molecular weight excluding hydrogens is 536 g/mol. The average molecular weight is 571 g/mol. The molecule has 204 valence electrons. The van der Waals surface area contributed by atoms with Crippen LogP contribution in [-0.2, 0) is 24.4 Å². The number of nitrogens with zero attached hydrogens (tertiary/aromatic N) is 2. The molecule has 0 radical (unpaired) electrons.